The number of halogens is 14. The molecule has 4 fully saturated rings. The number of rotatable bonds is 2. The topological polar surface area (TPSA) is 46.5 Å². The summed E-state index contributed by atoms with van der Waals surface area (Å²) in [4.78, 5) is 11.5. The van der Waals surface area contributed by atoms with Crippen molar-refractivity contribution in [3.63, 3.8) is 0 Å². The molecule has 4 rings (SSSR count). The maximum Gasteiger partial charge on any atom is 0.344 e. The lowest BCUT2D eigenvalue weighted by Gasteiger charge is -2.74. The summed E-state index contributed by atoms with van der Waals surface area (Å²) in [5, 5.41) is 9.39. The van der Waals surface area contributed by atoms with Gasteiger partial charge in [-0.3, -0.25) is 0 Å². The van der Waals surface area contributed by atoms with Gasteiger partial charge in [-0.05, 0) is 6.92 Å². The standard InChI is InChI=1S/C14H6F14O3/c1-3(2)4(29)31-8-12(23,24)5(15)9(17,18)6(16,13(8,25)26)11(21,22)7(30,10(5,19)20)14(8,27)28/h30H,1H2,2H3. The zero-order chi connectivity index (χ0) is 24.9. The molecule has 178 valence electrons. The first-order chi connectivity index (χ1) is 13.3. The van der Waals surface area contributed by atoms with Crippen molar-refractivity contribution in [2.45, 2.75) is 65.0 Å². The van der Waals surface area contributed by atoms with Gasteiger partial charge in [0.2, 0.25) is 0 Å². The normalized spacial score (nSPS) is 46.5. The minimum absolute atomic E-state index is 0.347. The molecule has 4 aliphatic carbocycles. The molecule has 0 aromatic rings. The van der Waals surface area contributed by atoms with Crippen LogP contribution in [0.5, 0.6) is 0 Å². The Hall–Kier alpha value is -1.81. The lowest BCUT2D eigenvalue weighted by Crippen LogP contribution is -3.10. The maximum atomic E-state index is 14.8. The van der Waals surface area contributed by atoms with Crippen molar-refractivity contribution < 1.29 is 76.1 Å². The van der Waals surface area contributed by atoms with E-state index in [1.807, 2.05) is 0 Å². The lowest BCUT2D eigenvalue weighted by molar-refractivity contribution is -0.623. The van der Waals surface area contributed by atoms with E-state index in [0.717, 1.165) is 0 Å². The Labute approximate surface area is 160 Å². The van der Waals surface area contributed by atoms with Crippen molar-refractivity contribution >= 4 is 5.97 Å². The minimum atomic E-state index is -7.83. The molecule has 0 aromatic heterocycles. The molecule has 1 N–H and O–H groups in total. The number of aliphatic hydroxyl groups is 1. The molecule has 31 heavy (non-hydrogen) atoms. The van der Waals surface area contributed by atoms with Crippen LogP contribution in [0.4, 0.5) is 61.5 Å². The molecule has 0 radical (unpaired) electrons. The van der Waals surface area contributed by atoms with E-state index >= 15 is 0 Å². The average molecular weight is 488 g/mol. The molecular weight excluding hydrogens is 482 g/mol. The quantitative estimate of drug-likeness (QED) is 0.365. The Bertz CT molecular complexity index is 795. The fourth-order valence-corrected chi connectivity index (χ4v) is 4.26. The third kappa shape index (κ3) is 1.46. The highest BCUT2D eigenvalue weighted by molar-refractivity contribution is 5.88. The number of hydrogen-bond acceptors (Lipinski definition) is 3. The van der Waals surface area contributed by atoms with E-state index in [1.54, 1.807) is 0 Å². The first-order valence-electron chi connectivity index (χ1n) is 7.59. The van der Waals surface area contributed by atoms with Gasteiger partial charge in [0, 0.05) is 5.57 Å². The monoisotopic (exact) mass is 488 g/mol. The Morgan fingerprint density at radius 3 is 1.26 bits per heavy atom. The van der Waals surface area contributed by atoms with E-state index in [2.05, 4.69) is 11.3 Å². The molecule has 0 aromatic carbocycles. The summed E-state index contributed by atoms with van der Waals surface area (Å²) in [5.74, 6) is -49.0. The summed E-state index contributed by atoms with van der Waals surface area (Å²) >= 11 is 0. The Morgan fingerprint density at radius 1 is 0.645 bits per heavy atom. The lowest BCUT2D eigenvalue weighted by atomic mass is 9.39. The molecule has 0 spiro atoms. The van der Waals surface area contributed by atoms with Crippen LogP contribution in [0.2, 0.25) is 0 Å². The number of carbonyl (C=O) groups excluding carboxylic acids is 1. The SMILES string of the molecule is C=C(C)C(=O)OC12C(F)(F)C3(O)C(F)(F)C(F)(C(F)(F)C(F)(C3(F)F)C1(F)F)C2(F)F. The van der Waals surface area contributed by atoms with Crippen LogP contribution in [-0.4, -0.2) is 69.2 Å². The van der Waals surface area contributed by atoms with Gasteiger partial charge in [-0.2, -0.15) is 52.7 Å². The van der Waals surface area contributed by atoms with Crippen LogP contribution < -0.4 is 0 Å². The Kier molecular flexibility index (Phi) is 3.77. The Morgan fingerprint density at radius 2 is 0.968 bits per heavy atom. The summed E-state index contributed by atoms with van der Waals surface area (Å²) in [5.41, 5.74) is -31.1. The van der Waals surface area contributed by atoms with Crippen LogP contribution in [0.25, 0.3) is 0 Å². The van der Waals surface area contributed by atoms with Crippen LogP contribution in [0.1, 0.15) is 6.92 Å². The van der Waals surface area contributed by atoms with Crippen molar-refractivity contribution in [2.24, 2.45) is 0 Å². The van der Waals surface area contributed by atoms with Gasteiger partial charge >= 0.3 is 58.4 Å². The van der Waals surface area contributed by atoms with Gasteiger partial charge in [0.15, 0.2) is 0 Å². The molecule has 2 unspecified atom stereocenters. The van der Waals surface area contributed by atoms with Crippen molar-refractivity contribution in [3.05, 3.63) is 12.2 Å². The van der Waals surface area contributed by atoms with Crippen LogP contribution in [-0.2, 0) is 9.53 Å². The van der Waals surface area contributed by atoms with Crippen LogP contribution in [0.15, 0.2) is 12.2 Å². The van der Waals surface area contributed by atoms with E-state index in [-0.39, 0.29) is 0 Å². The van der Waals surface area contributed by atoms with E-state index in [4.69, 9.17) is 0 Å². The Balaban J connectivity index is 2.69. The largest absolute Gasteiger partial charge is 0.436 e. The van der Waals surface area contributed by atoms with Gasteiger partial charge < -0.3 is 9.84 Å². The van der Waals surface area contributed by atoms with Gasteiger partial charge in [0.25, 0.3) is 5.60 Å². The molecule has 4 aliphatic rings. The molecule has 0 amide bonds. The first-order valence-corrected chi connectivity index (χ1v) is 7.59. The summed E-state index contributed by atoms with van der Waals surface area (Å²) in [7, 11) is 0. The molecule has 0 saturated heterocycles. The number of carbonyl (C=O) groups is 1. The average Bonchev–Trinajstić information content (AvgIpc) is 2.58. The van der Waals surface area contributed by atoms with Gasteiger partial charge in [-0.25, -0.2) is 13.6 Å². The molecule has 0 heterocycles. The summed E-state index contributed by atoms with van der Waals surface area (Å²) < 4.78 is 206. The molecule has 3 nitrogen and oxygen atoms in total. The van der Waals surface area contributed by atoms with E-state index in [9.17, 15) is 71.4 Å². The second kappa shape index (κ2) is 4.90. The van der Waals surface area contributed by atoms with Crippen molar-refractivity contribution in [1.82, 2.24) is 0 Å². The highest BCUT2D eigenvalue weighted by Gasteiger charge is 3.23. The number of ether oxygens (including phenoxy) is 1. The van der Waals surface area contributed by atoms with E-state index < -0.39 is 69.6 Å². The van der Waals surface area contributed by atoms with Gasteiger partial charge in [0.1, 0.15) is 0 Å². The van der Waals surface area contributed by atoms with Crippen LogP contribution in [0.3, 0.4) is 0 Å². The third-order valence-corrected chi connectivity index (χ3v) is 5.88. The predicted molar refractivity (Wildman–Crippen MR) is 65.9 cm³/mol. The second-order valence-electron chi connectivity index (χ2n) is 7.32. The van der Waals surface area contributed by atoms with E-state index in [0.29, 0.717) is 6.92 Å². The third-order valence-electron chi connectivity index (χ3n) is 5.88. The van der Waals surface area contributed by atoms with Crippen molar-refractivity contribution in [2.75, 3.05) is 0 Å². The molecule has 4 bridgehead atoms. The number of hydrogen-bond donors (Lipinski definition) is 1. The van der Waals surface area contributed by atoms with Gasteiger partial charge in [0.05, 0.1) is 0 Å². The highest BCUT2D eigenvalue weighted by atomic mass is 19.3. The first kappa shape index (κ1) is 23.8. The molecule has 4 saturated carbocycles. The smallest absolute Gasteiger partial charge is 0.344 e. The number of esters is 1. The van der Waals surface area contributed by atoms with Crippen molar-refractivity contribution in [3.8, 4) is 0 Å². The predicted octanol–water partition coefficient (Wildman–Crippen LogP) is 3.84. The molecule has 0 aliphatic heterocycles. The van der Waals surface area contributed by atoms with Crippen molar-refractivity contribution in [1.29, 1.82) is 0 Å². The van der Waals surface area contributed by atoms with E-state index in [1.165, 1.54) is 0 Å². The summed E-state index contributed by atoms with van der Waals surface area (Å²) in [6.07, 6.45) is 0. The van der Waals surface area contributed by atoms with Crippen LogP contribution in [0, 0.1) is 0 Å². The fraction of sp³-hybridized carbons (Fsp3) is 0.786. The summed E-state index contributed by atoms with van der Waals surface area (Å²) in [6.45, 7) is 2.88. The van der Waals surface area contributed by atoms with Gasteiger partial charge in [-0.1, -0.05) is 6.58 Å². The maximum absolute atomic E-state index is 14.8. The minimum Gasteiger partial charge on any atom is -0.436 e. The van der Waals surface area contributed by atoms with Gasteiger partial charge in [-0.15, -0.1) is 0 Å². The second-order valence-corrected chi connectivity index (χ2v) is 7.32. The molecule has 17 heteroatoms. The summed E-state index contributed by atoms with van der Waals surface area (Å²) in [6, 6.07) is 0. The van der Waals surface area contributed by atoms with Crippen LogP contribution >= 0.6 is 0 Å². The molecular formula is C14H6F14O3. The highest BCUT2D eigenvalue weighted by Crippen LogP contribution is 2.87. The zero-order valence-corrected chi connectivity index (χ0v) is 14.3. The zero-order valence-electron chi connectivity index (χ0n) is 14.3. The number of alkyl halides is 14. The fourth-order valence-electron chi connectivity index (χ4n) is 4.26. The molecule has 2 atom stereocenters.